The minimum Gasteiger partial charge on any atom is -0.481 e. The number of nitrogens with zero attached hydrogens (tertiary/aromatic N) is 1. The molecular weight excluding hydrogens is 272 g/mol. The van der Waals surface area contributed by atoms with Crippen molar-refractivity contribution in [3.8, 4) is 0 Å². The van der Waals surface area contributed by atoms with Gasteiger partial charge in [-0.15, -0.1) is 0 Å². The second-order valence-electron chi connectivity index (χ2n) is 5.73. The van der Waals surface area contributed by atoms with E-state index in [1.807, 2.05) is 13.8 Å². The van der Waals surface area contributed by atoms with Crippen LogP contribution in [-0.4, -0.2) is 54.4 Å². The number of carboxylic acid groups (broad SMARTS) is 1. The van der Waals surface area contributed by atoms with Gasteiger partial charge in [-0.1, -0.05) is 6.92 Å². The fourth-order valence-corrected chi connectivity index (χ4v) is 2.44. The molecule has 1 aliphatic rings. The number of nitrogens with one attached hydrogen (secondary N) is 1. The predicted octanol–water partition coefficient (Wildman–Crippen LogP) is 2.09. The number of hydrogen-bond donors (Lipinski definition) is 2. The molecule has 2 atom stereocenters. The molecule has 0 aliphatic carbocycles. The first-order chi connectivity index (χ1) is 10.0. The molecule has 1 aliphatic heterocycles. The highest BCUT2D eigenvalue weighted by atomic mass is 16.5. The van der Waals surface area contributed by atoms with Crippen molar-refractivity contribution in [3.63, 3.8) is 0 Å². The minimum absolute atomic E-state index is 0.0570. The number of carbonyl (C=O) groups is 2. The summed E-state index contributed by atoms with van der Waals surface area (Å²) in [5, 5.41) is 11.5. The quantitative estimate of drug-likeness (QED) is 0.683. The summed E-state index contributed by atoms with van der Waals surface area (Å²) in [5.41, 5.74) is 0. The Morgan fingerprint density at radius 3 is 2.76 bits per heavy atom. The molecule has 0 aromatic heterocycles. The van der Waals surface area contributed by atoms with E-state index in [-0.39, 0.29) is 18.6 Å². The van der Waals surface area contributed by atoms with Gasteiger partial charge in [-0.25, -0.2) is 4.79 Å². The number of urea groups is 1. The van der Waals surface area contributed by atoms with Gasteiger partial charge >= 0.3 is 12.0 Å². The molecule has 0 radical (unpaired) electrons. The van der Waals surface area contributed by atoms with Gasteiger partial charge in [0.15, 0.2) is 0 Å². The van der Waals surface area contributed by atoms with Crippen LogP contribution >= 0.6 is 0 Å². The lowest BCUT2D eigenvalue weighted by molar-refractivity contribution is -0.137. The second kappa shape index (κ2) is 9.60. The first kappa shape index (κ1) is 17.8. The molecular formula is C15H28N2O4. The van der Waals surface area contributed by atoms with E-state index < -0.39 is 5.97 Å². The third kappa shape index (κ3) is 7.32. The predicted molar refractivity (Wildman–Crippen MR) is 80.3 cm³/mol. The van der Waals surface area contributed by atoms with Gasteiger partial charge in [0.25, 0.3) is 0 Å². The summed E-state index contributed by atoms with van der Waals surface area (Å²) in [6.45, 7) is 6.67. The number of ether oxygens (including phenoxy) is 1. The van der Waals surface area contributed by atoms with E-state index in [1.165, 1.54) is 0 Å². The maximum Gasteiger partial charge on any atom is 0.317 e. The Kier molecular flexibility index (Phi) is 8.12. The SMILES string of the molecule is CCN(CC1CCCO1)C(=O)NCCC(C)CCC(=O)O. The van der Waals surface area contributed by atoms with E-state index in [9.17, 15) is 9.59 Å². The average molecular weight is 300 g/mol. The van der Waals surface area contributed by atoms with Gasteiger partial charge in [0.05, 0.1) is 6.10 Å². The van der Waals surface area contributed by atoms with Crippen LogP contribution in [0.25, 0.3) is 0 Å². The number of likely N-dealkylation sites (N-methyl/N-ethyl adjacent to an activating group) is 1. The van der Waals surface area contributed by atoms with Crippen molar-refractivity contribution in [2.24, 2.45) is 5.92 Å². The lowest BCUT2D eigenvalue weighted by atomic mass is 10.0. The van der Waals surface area contributed by atoms with E-state index >= 15 is 0 Å². The van der Waals surface area contributed by atoms with Crippen LogP contribution in [0.4, 0.5) is 4.79 Å². The molecule has 1 fully saturated rings. The smallest absolute Gasteiger partial charge is 0.317 e. The summed E-state index contributed by atoms with van der Waals surface area (Å²) in [4.78, 5) is 24.3. The maximum absolute atomic E-state index is 12.1. The van der Waals surface area contributed by atoms with Crippen molar-refractivity contribution in [1.29, 1.82) is 0 Å². The Balaban J connectivity index is 2.19. The largest absolute Gasteiger partial charge is 0.481 e. The third-order valence-electron chi connectivity index (χ3n) is 3.88. The summed E-state index contributed by atoms with van der Waals surface area (Å²) < 4.78 is 5.56. The Morgan fingerprint density at radius 1 is 1.43 bits per heavy atom. The van der Waals surface area contributed by atoms with Gasteiger partial charge in [0.2, 0.25) is 0 Å². The monoisotopic (exact) mass is 300 g/mol. The number of rotatable bonds is 9. The molecule has 2 amide bonds. The molecule has 0 spiro atoms. The molecule has 0 aromatic carbocycles. The minimum atomic E-state index is -0.764. The van der Waals surface area contributed by atoms with Crippen LogP contribution in [0.3, 0.4) is 0 Å². The zero-order chi connectivity index (χ0) is 15.7. The summed E-state index contributed by atoms with van der Waals surface area (Å²) in [5.74, 6) is -0.464. The molecule has 21 heavy (non-hydrogen) atoms. The molecule has 6 nitrogen and oxygen atoms in total. The zero-order valence-corrected chi connectivity index (χ0v) is 13.1. The van der Waals surface area contributed by atoms with Crippen LogP contribution in [0.2, 0.25) is 0 Å². The third-order valence-corrected chi connectivity index (χ3v) is 3.88. The van der Waals surface area contributed by atoms with E-state index in [4.69, 9.17) is 9.84 Å². The van der Waals surface area contributed by atoms with Gasteiger partial charge in [-0.05, 0) is 38.5 Å². The molecule has 2 unspecified atom stereocenters. The van der Waals surface area contributed by atoms with Gasteiger partial charge in [0.1, 0.15) is 0 Å². The Morgan fingerprint density at radius 2 is 2.19 bits per heavy atom. The number of carbonyl (C=O) groups excluding carboxylic acids is 1. The van der Waals surface area contributed by atoms with Crippen molar-refractivity contribution in [2.45, 2.75) is 52.1 Å². The topological polar surface area (TPSA) is 78.9 Å². The van der Waals surface area contributed by atoms with Crippen LogP contribution in [0.1, 0.15) is 46.0 Å². The molecule has 0 saturated carbocycles. The number of aliphatic carboxylic acids is 1. The average Bonchev–Trinajstić information content (AvgIpc) is 2.95. The lowest BCUT2D eigenvalue weighted by Gasteiger charge is -2.24. The highest BCUT2D eigenvalue weighted by molar-refractivity contribution is 5.74. The summed E-state index contributed by atoms with van der Waals surface area (Å²) in [6, 6.07) is -0.0570. The molecule has 1 rings (SSSR count). The van der Waals surface area contributed by atoms with Gasteiger partial charge < -0.3 is 20.1 Å². The van der Waals surface area contributed by atoms with Crippen LogP contribution in [-0.2, 0) is 9.53 Å². The van der Waals surface area contributed by atoms with Crippen LogP contribution in [0.15, 0.2) is 0 Å². The van der Waals surface area contributed by atoms with Crippen LogP contribution < -0.4 is 5.32 Å². The van der Waals surface area contributed by atoms with Crippen molar-refractivity contribution in [3.05, 3.63) is 0 Å². The van der Waals surface area contributed by atoms with E-state index in [0.29, 0.717) is 32.0 Å². The molecule has 1 saturated heterocycles. The highest BCUT2D eigenvalue weighted by Gasteiger charge is 2.21. The number of carboxylic acids is 1. The highest BCUT2D eigenvalue weighted by Crippen LogP contribution is 2.13. The Bertz CT molecular complexity index is 330. The van der Waals surface area contributed by atoms with Crippen molar-refractivity contribution >= 4 is 12.0 Å². The van der Waals surface area contributed by atoms with Crippen molar-refractivity contribution < 1.29 is 19.4 Å². The molecule has 1 heterocycles. The van der Waals surface area contributed by atoms with Crippen molar-refractivity contribution in [2.75, 3.05) is 26.2 Å². The molecule has 122 valence electrons. The second-order valence-corrected chi connectivity index (χ2v) is 5.73. The first-order valence-electron chi connectivity index (χ1n) is 7.89. The maximum atomic E-state index is 12.1. The Labute approximate surface area is 126 Å². The number of amides is 2. The van der Waals surface area contributed by atoms with Gasteiger partial charge in [0, 0.05) is 32.7 Å². The van der Waals surface area contributed by atoms with E-state index in [1.54, 1.807) is 4.90 Å². The summed E-state index contributed by atoms with van der Waals surface area (Å²) >= 11 is 0. The van der Waals surface area contributed by atoms with Gasteiger partial charge in [-0.3, -0.25) is 4.79 Å². The van der Waals surface area contributed by atoms with E-state index in [2.05, 4.69) is 5.32 Å². The molecule has 0 bridgehead atoms. The number of hydrogen-bond acceptors (Lipinski definition) is 3. The molecule has 6 heteroatoms. The fourth-order valence-electron chi connectivity index (χ4n) is 2.44. The lowest BCUT2D eigenvalue weighted by Crippen LogP contribution is -2.44. The van der Waals surface area contributed by atoms with Gasteiger partial charge in [-0.2, -0.15) is 0 Å². The standard InChI is InChI=1S/C15H28N2O4/c1-3-17(11-13-5-4-10-21-13)15(20)16-9-8-12(2)6-7-14(18)19/h12-13H,3-11H2,1-2H3,(H,16,20)(H,18,19). The zero-order valence-electron chi connectivity index (χ0n) is 13.1. The van der Waals surface area contributed by atoms with E-state index in [0.717, 1.165) is 25.9 Å². The van der Waals surface area contributed by atoms with Crippen molar-refractivity contribution in [1.82, 2.24) is 10.2 Å². The summed E-state index contributed by atoms with van der Waals surface area (Å²) in [6.07, 6.45) is 3.91. The molecule has 0 aromatic rings. The fraction of sp³-hybridized carbons (Fsp3) is 0.867. The summed E-state index contributed by atoms with van der Waals surface area (Å²) in [7, 11) is 0. The molecule has 2 N–H and O–H groups in total. The normalized spacial score (nSPS) is 19.2. The van der Waals surface area contributed by atoms with Crippen LogP contribution in [0, 0.1) is 5.92 Å². The first-order valence-corrected chi connectivity index (χ1v) is 7.89. The Hall–Kier alpha value is -1.30. The van der Waals surface area contributed by atoms with Crippen LogP contribution in [0.5, 0.6) is 0 Å².